The molecule has 3 heterocycles. The Kier molecular flexibility index (Phi) is 9.07. The van der Waals surface area contributed by atoms with Gasteiger partial charge in [-0.1, -0.05) is 0 Å². The molecule has 0 spiro atoms. The smallest absolute Gasteiger partial charge is 0.217 e. The Morgan fingerprint density at radius 3 is 2.68 bits per heavy atom. The zero-order valence-electron chi connectivity index (χ0n) is 17.0. The Labute approximate surface area is 185 Å². The number of aryl methyl sites for hydroxylation is 1. The van der Waals surface area contributed by atoms with Crippen LogP contribution >= 0.6 is 24.0 Å². The minimum atomic E-state index is -0.216. The molecule has 0 radical (unpaired) electrons. The third-order valence-corrected chi connectivity index (χ3v) is 5.64. The number of hydrogen-bond acceptors (Lipinski definition) is 4. The van der Waals surface area contributed by atoms with Crippen molar-refractivity contribution in [1.29, 1.82) is 0 Å². The molecule has 2 unspecified atom stereocenters. The summed E-state index contributed by atoms with van der Waals surface area (Å²) in [4.78, 5) is 20.5. The van der Waals surface area contributed by atoms with Crippen molar-refractivity contribution in [2.45, 2.75) is 45.1 Å². The van der Waals surface area contributed by atoms with Gasteiger partial charge < -0.3 is 20.4 Å². The average Bonchev–Trinajstić information content (AvgIpc) is 3.30. The fourth-order valence-corrected chi connectivity index (χ4v) is 4.32. The SMILES string of the molecule is CN=C(NCC(c1ccc(C)o1)N1CCCC1)N1CCCC(CC(N)=O)C1.I. The molecule has 0 saturated carbocycles. The molecule has 8 heteroatoms. The summed E-state index contributed by atoms with van der Waals surface area (Å²) in [5.41, 5.74) is 5.39. The van der Waals surface area contributed by atoms with Crippen LogP contribution in [-0.4, -0.2) is 61.4 Å². The molecule has 0 aliphatic carbocycles. The number of furan rings is 1. The molecule has 1 aromatic heterocycles. The summed E-state index contributed by atoms with van der Waals surface area (Å²) in [5.74, 6) is 2.96. The van der Waals surface area contributed by atoms with Crippen LogP contribution in [0.3, 0.4) is 0 Å². The topological polar surface area (TPSA) is 87.1 Å². The van der Waals surface area contributed by atoms with Crippen LogP contribution in [0.25, 0.3) is 0 Å². The number of nitrogens with two attached hydrogens (primary N) is 1. The van der Waals surface area contributed by atoms with E-state index in [2.05, 4.69) is 26.2 Å². The summed E-state index contributed by atoms with van der Waals surface area (Å²) in [6, 6.07) is 4.34. The second-order valence-electron chi connectivity index (χ2n) is 7.76. The van der Waals surface area contributed by atoms with Crippen molar-refractivity contribution in [3.63, 3.8) is 0 Å². The number of rotatable bonds is 6. The summed E-state index contributed by atoms with van der Waals surface area (Å²) in [5, 5.41) is 3.56. The van der Waals surface area contributed by atoms with Gasteiger partial charge in [-0.05, 0) is 63.7 Å². The summed E-state index contributed by atoms with van der Waals surface area (Å²) in [7, 11) is 1.82. The van der Waals surface area contributed by atoms with Crippen LogP contribution in [-0.2, 0) is 4.79 Å². The Morgan fingerprint density at radius 2 is 2.07 bits per heavy atom. The predicted octanol–water partition coefficient (Wildman–Crippen LogP) is 2.51. The van der Waals surface area contributed by atoms with Gasteiger partial charge in [-0.15, -0.1) is 24.0 Å². The molecule has 0 aromatic carbocycles. The second-order valence-corrected chi connectivity index (χ2v) is 7.76. The van der Waals surface area contributed by atoms with Gasteiger partial charge >= 0.3 is 0 Å². The lowest BCUT2D eigenvalue weighted by Crippen LogP contribution is -2.49. The number of piperidine rings is 1. The van der Waals surface area contributed by atoms with Crippen LogP contribution in [0.1, 0.15) is 49.7 Å². The number of aliphatic imine (C=N–C) groups is 1. The van der Waals surface area contributed by atoms with Crippen molar-refractivity contribution in [3.05, 3.63) is 23.7 Å². The first kappa shape index (κ1) is 23.0. The van der Waals surface area contributed by atoms with E-state index in [-0.39, 0.29) is 35.9 Å². The highest BCUT2D eigenvalue weighted by Gasteiger charge is 2.28. The molecule has 1 aromatic rings. The Bertz CT molecular complexity index is 657. The number of halogens is 1. The molecule has 3 N–H and O–H groups in total. The van der Waals surface area contributed by atoms with Crippen LogP contribution in [0, 0.1) is 12.8 Å². The van der Waals surface area contributed by atoms with Gasteiger partial charge in [0, 0.05) is 33.1 Å². The lowest BCUT2D eigenvalue weighted by Gasteiger charge is -2.35. The van der Waals surface area contributed by atoms with Gasteiger partial charge in [0.2, 0.25) is 5.91 Å². The lowest BCUT2D eigenvalue weighted by molar-refractivity contribution is -0.119. The van der Waals surface area contributed by atoms with Gasteiger partial charge in [0.25, 0.3) is 0 Å². The van der Waals surface area contributed by atoms with E-state index in [9.17, 15) is 4.79 Å². The first-order chi connectivity index (χ1) is 13.1. The Hall–Kier alpha value is -1.29. The van der Waals surface area contributed by atoms with E-state index in [1.54, 1.807) is 0 Å². The Morgan fingerprint density at radius 1 is 1.32 bits per heavy atom. The number of amides is 1. The zero-order chi connectivity index (χ0) is 19.2. The third-order valence-electron chi connectivity index (χ3n) is 5.64. The molecule has 0 bridgehead atoms. The van der Waals surface area contributed by atoms with Gasteiger partial charge in [-0.3, -0.25) is 14.7 Å². The number of nitrogens with zero attached hydrogens (tertiary/aromatic N) is 3. The van der Waals surface area contributed by atoms with E-state index in [0.29, 0.717) is 12.3 Å². The predicted molar refractivity (Wildman–Crippen MR) is 122 cm³/mol. The molecule has 28 heavy (non-hydrogen) atoms. The maximum Gasteiger partial charge on any atom is 0.217 e. The summed E-state index contributed by atoms with van der Waals surface area (Å²) < 4.78 is 5.94. The number of primary amides is 1. The number of likely N-dealkylation sites (tertiary alicyclic amines) is 2. The second kappa shape index (κ2) is 11.0. The largest absolute Gasteiger partial charge is 0.465 e. The Balaban J connectivity index is 0.00000280. The van der Waals surface area contributed by atoms with E-state index in [4.69, 9.17) is 10.2 Å². The molecule has 2 saturated heterocycles. The monoisotopic (exact) mass is 503 g/mol. The number of carbonyl (C=O) groups is 1. The van der Waals surface area contributed by atoms with Gasteiger partial charge in [0.1, 0.15) is 11.5 Å². The van der Waals surface area contributed by atoms with E-state index in [1.165, 1.54) is 12.8 Å². The molecular formula is C20H34IN5O2. The van der Waals surface area contributed by atoms with Crippen molar-refractivity contribution >= 4 is 35.8 Å². The molecule has 7 nitrogen and oxygen atoms in total. The van der Waals surface area contributed by atoms with Crippen LogP contribution < -0.4 is 11.1 Å². The zero-order valence-corrected chi connectivity index (χ0v) is 19.4. The first-order valence-electron chi connectivity index (χ1n) is 10.1. The standard InChI is InChI=1S/C20H33N5O2.HI/c1-15-7-8-18(27-15)17(24-9-3-4-10-24)13-23-20(22-2)25-11-5-6-16(14-25)12-19(21)26;/h7-8,16-17H,3-6,9-14H2,1-2H3,(H2,21,26)(H,22,23);1H. The maximum absolute atomic E-state index is 11.3. The molecule has 1 amide bonds. The average molecular weight is 503 g/mol. The molecule has 2 atom stereocenters. The number of guanidine groups is 1. The van der Waals surface area contributed by atoms with Crippen LogP contribution in [0.15, 0.2) is 21.5 Å². The summed E-state index contributed by atoms with van der Waals surface area (Å²) in [6.45, 7) is 6.75. The van der Waals surface area contributed by atoms with Gasteiger partial charge in [-0.25, -0.2) is 0 Å². The molecular weight excluding hydrogens is 469 g/mol. The lowest BCUT2D eigenvalue weighted by atomic mass is 9.95. The molecule has 2 fully saturated rings. The van der Waals surface area contributed by atoms with Gasteiger partial charge in [-0.2, -0.15) is 0 Å². The van der Waals surface area contributed by atoms with Crippen LogP contribution in [0.4, 0.5) is 0 Å². The third kappa shape index (κ3) is 6.10. The van der Waals surface area contributed by atoms with Crippen molar-refractivity contribution < 1.29 is 9.21 Å². The van der Waals surface area contributed by atoms with E-state index >= 15 is 0 Å². The fraction of sp³-hybridized carbons (Fsp3) is 0.700. The van der Waals surface area contributed by atoms with Crippen molar-refractivity contribution in [1.82, 2.24) is 15.1 Å². The highest BCUT2D eigenvalue weighted by molar-refractivity contribution is 14.0. The summed E-state index contributed by atoms with van der Waals surface area (Å²) >= 11 is 0. The van der Waals surface area contributed by atoms with E-state index in [0.717, 1.165) is 63.0 Å². The highest BCUT2D eigenvalue weighted by Crippen LogP contribution is 2.26. The normalized spacial score (nSPS) is 22.0. The minimum absolute atomic E-state index is 0. The van der Waals surface area contributed by atoms with E-state index < -0.39 is 0 Å². The number of nitrogens with one attached hydrogen (secondary N) is 1. The van der Waals surface area contributed by atoms with Crippen molar-refractivity contribution in [3.8, 4) is 0 Å². The fourth-order valence-electron chi connectivity index (χ4n) is 4.32. The van der Waals surface area contributed by atoms with Crippen molar-refractivity contribution in [2.75, 3.05) is 39.8 Å². The maximum atomic E-state index is 11.3. The van der Waals surface area contributed by atoms with Gasteiger partial charge in [0.15, 0.2) is 5.96 Å². The molecule has 2 aliphatic heterocycles. The minimum Gasteiger partial charge on any atom is -0.465 e. The molecule has 158 valence electrons. The summed E-state index contributed by atoms with van der Waals surface area (Å²) in [6.07, 6.45) is 5.05. The highest BCUT2D eigenvalue weighted by atomic mass is 127. The van der Waals surface area contributed by atoms with Crippen LogP contribution in [0.5, 0.6) is 0 Å². The molecule has 3 rings (SSSR count). The van der Waals surface area contributed by atoms with Gasteiger partial charge in [0.05, 0.1) is 6.04 Å². The number of carbonyl (C=O) groups excluding carboxylic acids is 1. The van der Waals surface area contributed by atoms with Crippen molar-refractivity contribution in [2.24, 2.45) is 16.6 Å². The quantitative estimate of drug-likeness (QED) is 0.354. The van der Waals surface area contributed by atoms with Crippen LogP contribution in [0.2, 0.25) is 0 Å². The number of hydrogen-bond donors (Lipinski definition) is 2. The van der Waals surface area contributed by atoms with E-state index in [1.807, 2.05) is 20.0 Å². The molecule has 2 aliphatic rings. The first-order valence-corrected chi connectivity index (χ1v) is 10.1.